The van der Waals surface area contributed by atoms with Crippen molar-refractivity contribution in [3.05, 3.63) is 29.8 Å². The average molecular weight is 451 g/mol. The highest BCUT2D eigenvalue weighted by molar-refractivity contribution is 7.89. The van der Waals surface area contributed by atoms with E-state index < -0.39 is 22.1 Å². The number of nitrogens with zero attached hydrogens (tertiary/aromatic N) is 1. The van der Waals surface area contributed by atoms with Gasteiger partial charge < -0.3 is 10.1 Å². The van der Waals surface area contributed by atoms with Crippen LogP contribution in [0.2, 0.25) is 0 Å². The first-order valence-electron chi connectivity index (χ1n) is 11.4. The molecule has 8 heteroatoms. The number of hydrogen-bond acceptors (Lipinski definition) is 5. The van der Waals surface area contributed by atoms with Gasteiger partial charge in [0, 0.05) is 19.1 Å². The lowest BCUT2D eigenvalue weighted by atomic mass is 9.86. The molecule has 172 valence electrons. The van der Waals surface area contributed by atoms with Crippen molar-refractivity contribution in [2.45, 2.75) is 82.3 Å². The predicted octanol–water partition coefficient (Wildman–Crippen LogP) is 3.49. The zero-order chi connectivity index (χ0) is 22.4. The lowest BCUT2D eigenvalue weighted by Gasteiger charge is -2.30. The Hall–Kier alpha value is -1.93. The Morgan fingerprint density at radius 1 is 1.06 bits per heavy atom. The van der Waals surface area contributed by atoms with E-state index in [1.807, 2.05) is 0 Å². The molecular formula is C23H34N2O5S. The van der Waals surface area contributed by atoms with E-state index in [1.165, 1.54) is 35.0 Å². The number of benzene rings is 1. The molecule has 2 fully saturated rings. The van der Waals surface area contributed by atoms with Crippen LogP contribution < -0.4 is 5.32 Å². The van der Waals surface area contributed by atoms with E-state index in [1.54, 1.807) is 6.92 Å². The summed E-state index contributed by atoms with van der Waals surface area (Å²) in [5, 5.41) is 2.99. The topological polar surface area (TPSA) is 92.8 Å². The van der Waals surface area contributed by atoms with Crippen molar-refractivity contribution in [2.24, 2.45) is 5.92 Å². The molecule has 1 aromatic rings. The number of sulfonamides is 1. The number of nitrogens with one attached hydrogen (secondary N) is 1. The van der Waals surface area contributed by atoms with E-state index in [0.717, 1.165) is 44.9 Å². The summed E-state index contributed by atoms with van der Waals surface area (Å²) in [5.74, 6) is -0.617. The number of carbonyl (C=O) groups excluding carboxylic acids is 2. The van der Waals surface area contributed by atoms with Crippen molar-refractivity contribution >= 4 is 21.9 Å². The SMILES string of the molecule is CC(OC(=O)c1cccc(S(=O)(=O)N2CCCCCC2)c1)C(=O)NC1CCCCC1C. The van der Waals surface area contributed by atoms with Crippen LogP contribution in [0.5, 0.6) is 0 Å². The lowest BCUT2D eigenvalue weighted by molar-refractivity contribution is -0.130. The van der Waals surface area contributed by atoms with Crippen LogP contribution in [0.25, 0.3) is 0 Å². The molecule has 1 N–H and O–H groups in total. The summed E-state index contributed by atoms with van der Waals surface area (Å²) in [5.41, 5.74) is 0.126. The van der Waals surface area contributed by atoms with Gasteiger partial charge in [-0.3, -0.25) is 4.79 Å². The maximum absolute atomic E-state index is 13.0. The van der Waals surface area contributed by atoms with Gasteiger partial charge in [0.1, 0.15) is 0 Å². The molecule has 0 radical (unpaired) electrons. The number of esters is 1. The maximum atomic E-state index is 13.0. The quantitative estimate of drug-likeness (QED) is 0.670. The van der Waals surface area contributed by atoms with Gasteiger partial charge >= 0.3 is 5.97 Å². The number of amides is 1. The second kappa shape index (κ2) is 10.6. The largest absolute Gasteiger partial charge is 0.449 e. The van der Waals surface area contributed by atoms with Gasteiger partial charge in [-0.05, 0) is 56.7 Å². The Kier molecular flexibility index (Phi) is 8.11. The highest BCUT2D eigenvalue weighted by atomic mass is 32.2. The lowest BCUT2D eigenvalue weighted by Crippen LogP contribution is -2.46. The van der Waals surface area contributed by atoms with Gasteiger partial charge in [-0.15, -0.1) is 0 Å². The van der Waals surface area contributed by atoms with Crippen LogP contribution >= 0.6 is 0 Å². The molecule has 0 bridgehead atoms. The monoisotopic (exact) mass is 450 g/mol. The van der Waals surface area contributed by atoms with Crippen LogP contribution in [-0.2, 0) is 19.6 Å². The number of rotatable bonds is 6. The molecule has 0 spiro atoms. The Balaban J connectivity index is 1.64. The first-order chi connectivity index (χ1) is 14.8. The van der Waals surface area contributed by atoms with Crippen molar-refractivity contribution in [3.63, 3.8) is 0 Å². The summed E-state index contributed by atoms with van der Waals surface area (Å²) in [6.07, 6.45) is 7.06. The van der Waals surface area contributed by atoms with Gasteiger partial charge in [-0.25, -0.2) is 13.2 Å². The summed E-state index contributed by atoms with van der Waals surface area (Å²) >= 11 is 0. The summed E-state index contributed by atoms with van der Waals surface area (Å²) in [4.78, 5) is 25.2. The van der Waals surface area contributed by atoms with Gasteiger partial charge in [0.25, 0.3) is 5.91 Å². The molecule has 1 aromatic carbocycles. The second-order valence-corrected chi connectivity index (χ2v) is 10.7. The summed E-state index contributed by atoms with van der Waals surface area (Å²) < 4.78 is 32.9. The third-order valence-electron chi connectivity index (χ3n) is 6.36. The minimum absolute atomic E-state index is 0.0805. The molecular weight excluding hydrogens is 416 g/mol. The summed E-state index contributed by atoms with van der Waals surface area (Å²) in [6.45, 7) is 4.65. The zero-order valence-corrected chi connectivity index (χ0v) is 19.3. The number of hydrogen-bond donors (Lipinski definition) is 1. The summed E-state index contributed by atoms with van der Waals surface area (Å²) in [6, 6.07) is 5.99. The molecule has 3 atom stereocenters. The van der Waals surface area contributed by atoms with E-state index in [9.17, 15) is 18.0 Å². The first-order valence-corrected chi connectivity index (χ1v) is 12.8. The van der Waals surface area contributed by atoms with Crippen LogP contribution in [0.4, 0.5) is 0 Å². The van der Waals surface area contributed by atoms with Crippen LogP contribution in [-0.4, -0.2) is 49.8 Å². The average Bonchev–Trinajstić information content (AvgIpc) is 3.05. The fourth-order valence-corrected chi connectivity index (χ4v) is 5.89. The van der Waals surface area contributed by atoms with E-state index in [2.05, 4.69) is 12.2 Å². The smallest absolute Gasteiger partial charge is 0.338 e. The van der Waals surface area contributed by atoms with Crippen molar-refractivity contribution in [2.75, 3.05) is 13.1 Å². The van der Waals surface area contributed by atoms with E-state index in [4.69, 9.17) is 4.74 Å². The zero-order valence-electron chi connectivity index (χ0n) is 18.5. The Bertz CT molecular complexity index is 878. The molecule has 31 heavy (non-hydrogen) atoms. The van der Waals surface area contributed by atoms with E-state index >= 15 is 0 Å². The van der Waals surface area contributed by atoms with Crippen molar-refractivity contribution < 1.29 is 22.7 Å². The molecule has 1 saturated carbocycles. The fraction of sp³-hybridized carbons (Fsp3) is 0.652. The third-order valence-corrected chi connectivity index (χ3v) is 8.26. The third kappa shape index (κ3) is 6.07. The van der Waals surface area contributed by atoms with E-state index in [-0.39, 0.29) is 22.4 Å². The molecule has 3 unspecified atom stereocenters. The highest BCUT2D eigenvalue weighted by Crippen LogP contribution is 2.24. The normalized spacial score (nSPS) is 24.1. The maximum Gasteiger partial charge on any atom is 0.338 e. The highest BCUT2D eigenvalue weighted by Gasteiger charge is 2.28. The fourth-order valence-electron chi connectivity index (χ4n) is 4.33. The first kappa shape index (κ1) is 23.7. The van der Waals surface area contributed by atoms with Crippen molar-refractivity contribution in [1.29, 1.82) is 0 Å². The van der Waals surface area contributed by atoms with Crippen LogP contribution in [0.1, 0.15) is 75.6 Å². The molecule has 1 saturated heterocycles. The molecule has 3 rings (SSSR count). The van der Waals surface area contributed by atoms with Crippen LogP contribution in [0.15, 0.2) is 29.2 Å². The van der Waals surface area contributed by atoms with Gasteiger partial charge in [0.15, 0.2) is 6.10 Å². The summed E-state index contributed by atoms with van der Waals surface area (Å²) in [7, 11) is -3.67. The molecule has 1 amide bonds. The van der Waals surface area contributed by atoms with Gasteiger partial charge in [-0.2, -0.15) is 4.31 Å². The number of ether oxygens (including phenoxy) is 1. The predicted molar refractivity (Wildman–Crippen MR) is 118 cm³/mol. The molecule has 1 heterocycles. The molecule has 1 aliphatic carbocycles. The Morgan fingerprint density at radius 2 is 1.74 bits per heavy atom. The minimum Gasteiger partial charge on any atom is -0.449 e. The van der Waals surface area contributed by atoms with Gasteiger partial charge in [0.05, 0.1) is 10.5 Å². The minimum atomic E-state index is -3.67. The van der Waals surface area contributed by atoms with Crippen molar-refractivity contribution in [1.82, 2.24) is 9.62 Å². The van der Waals surface area contributed by atoms with E-state index in [0.29, 0.717) is 19.0 Å². The number of carbonyl (C=O) groups is 2. The van der Waals surface area contributed by atoms with Gasteiger partial charge in [0.2, 0.25) is 10.0 Å². The Morgan fingerprint density at radius 3 is 2.42 bits per heavy atom. The standard InChI is InChI=1S/C23H34N2O5S/c1-17-10-5-6-13-21(17)24-22(26)18(2)30-23(27)19-11-9-12-20(16-19)31(28,29)25-14-7-3-4-8-15-25/h9,11-12,16-18,21H,3-8,10,13-15H2,1-2H3,(H,24,26). The molecule has 0 aromatic heterocycles. The van der Waals surface area contributed by atoms with Crippen LogP contribution in [0, 0.1) is 5.92 Å². The van der Waals surface area contributed by atoms with Crippen LogP contribution in [0.3, 0.4) is 0 Å². The van der Waals surface area contributed by atoms with Crippen molar-refractivity contribution in [3.8, 4) is 0 Å². The molecule has 2 aliphatic rings. The molecule has 1 aliphatic heterocycles. The van der Waals surface area contributed by atoms with Gasteiger partial charge in [-0.1, -0.05) is 38.7 Å². The Labute approximate surface area is 185 Å². The molecule has 7 nitrogen and oxygen atoms in total. The second-order valence-electron chi connectivity index (χ2n) is 8.77.